The number of rotatable bonds is 11. The number of amides is 3. The highest BCUT2D eigenvalue weighted by Gasteiger charge is 2.55. The van der Waals surface area contributed by atoms with Crippen molar-refractivity contribution in [3.05, 3.63) is 28.3 Å². The van der Waals surface area contributed by atoms with Crippen LogP contribution < -0.4 is 15.8 Å². The number of aryl methyl sites for hydroxylation is 1. The van der Waals surface area contributed by atoms with Gasteiger partial charge in [-0.3, -0.25) is 19.2 Å². The van der Waals surface area contributed by atoms with Crippen LogP contribution in [0.25, 0.3) is 0 Å². The van der Waals surface area contributed by atoms with E-state index in [1.54, 1.807) is 53.7 Å². The number of primary amides is 1. The third kappa shape index (κ3) is 8.57. The summed E-state index contributed by atoms with van der Waals surface area (Å²) in [5, 5.41) is 7.47. The Bertz CT molecular complexity index is 1410. The van der Waals surface area contributed by atoms with E-state index in [-0.39, 0.29) is 32.2 Å². The van der Waals surface area contributed by atoms with Crippen molar-refractivity contribution in [3.8, 4) is 5.75 Å². The van der Waals surface area contributed by atoms with Crippen LogP contribution in [0.1, 0.15) is 91.7 Å². The highest BCUT2D eigenvalue weighted by atomic mass is 35.5. The number of ether oxygens (including phenoxy) is 2. The maximum Gasteiger partial charge on any atom is 0.408 e. The number of carbonyl (C=O) groups is 5. The number of alkyl carbamates (subject to hydrolysis) is 1. The first kappa shape index (κ1) is 36.8. The van der Waals surface area contributed by atoms with Crippen LogP contribution in [0.2, 0.25) is 5.02 Å². The minimum absolute atomic E-state index is 0.0109. The van der Waals surface area contributed by atoms with Crippen molar-refractivity contribution in [3.63, 3.8) is 0 Å². The van der Waals surface area contributed by atoms with E-state index in [0.29, 0.717) is 22.9 Å². The topological polar surface area (TPSA) is 167 Å². The molecule has 1 aromatic rings. The van der Waals surface area contributed by atoms with E-state index in [4.69, 9.17) is 31.6 Å². The molecule has 2 aliphatic rings. The number of Topliss-reactive ketones (excluding diaryl/α,β-unsaturated/α-hetero) is 2. The van der Waals surface area contributed by atoms with Gasteiger partial charge in [0.25, 0.3) is 5.91 Å². The number of halogens is 1. The average Bonchev–Trinajstić information content (AvgIpc) is 3.53. The van der Waals surface area contributed by atoms with Crippen LogP contribution in [0.4, 0.5) is 4.79 Å². The van der Waals surface area contributed by atoms with Gasteiger partial charge in [-0.05, 0) is 57.2 Å². The van der Waals surface area contributed by atoms with E-state index < -0.39 is 64.1 Å². The van der Waals surface area contributed by atoms with Crippen LogP contribution in [0.15, 0.2) is 17.3 Å². The standard InChI is InChI=1S/C33H47ClN4O8/c1-10-11-19(26(40)28(35)41)13-24(39)23-16-33(15-22(37-46-33)20-14-21(34)25(44-9)12-18(20)2)17-38(23)29(42)27(31(3,4)5)36-30(43)45-32(6,7)8/h12,14,19,23,27H,10-11,13,15-17H2,1-9H3,(H2,35,41)(H,36,43)/t19-,23+,27-,33-/m1/s1. The Hall–Kier alpha value is -3.67. The van der Waals surface area contributed by atoms with Crippen molar-refractivity contribution in [1.29, 1.82) is 0 Å². The molecule has 1 saturated heterocycles. The van der Waals surface area contributed by atoms with Crippen LogP contribution in [-0.2, 0) is 28.8 Å². The number of nitrogens with two attached hydrogens (primary N) is 1. The monoisotopic (exact) mass is 662 g/mol. The van der Waals surface area contributed by atoms with Gasteiger partial charge in [0, 0.05) is 30.7 Å². The SMILES string of the molecule is CCC[C@H](CC(=O)[C@@H]1C[C@]2(CC(c3cc(Cl)c(OC)cc3C)=NO2)CN1C(=O)[C@@H](NC(=O)OC(C)(C)C)C(C)(C)C)C(=O)C(N)=O. The highest BCUT2D eigenvalue weighted by Crippen LogP contribution is 2.42. The molecule has 0 bridgehead atoms. The van der Waals surface area contributed by atoms with Gasteiger partial charge in [-0.1, -0.05) is 50.9 Å². The molecular formula is C33H47ClN4O8. The number of nitrogens with zero attached hydrogens (tertiary/aromatic N) is 2. The molecule has 2 aliphatic heterocycles. The number of hydrogen-bond donors (Lipinski definition) is 2. The van der Waals surface area contributed by atoms with Crippen molar-refractivity contribution in [2.45, 2.75) is 111 Å². The Balaban J connectivity index is 1.99. The molecule has 1 aromatic carbocycles. The van der Waals surface area contributed by atoms with E-state index in [1.165, 1.54) is 12.0 Å². The second-order valence-corrected chi connectivity index (χ2v) is 14.7. The Labute approximate surface area is 275 Å². The molecule has 3 N–H and O–H groups in total. The van der Waals surface area contributed by atoms with Gasteiger partial charge in [0.2, 0.25) is 11.7 Å². The molecule has 254 valence electrons. The van der Waals surface area contributed by atoms with Gasteiger partial charge >= 0.3 is 6.09 Å². The lowest BCUT2D eigenvalue weighted by Crippen LogP contribution is -2.57. The minimum Gasteiger partial charge on any atom is -0.495 e. The summed E-state index contributed by atoms with van der Waals surface area (Å²) in [6.45, 7) is 14.2. The van der Waals surface area contributed by atoms with Gasteiger partial charge in [-0.25, -0.2) is 4.79 Å². The molecule has 0 saturated carbocycles. The van der Waals surface area contributed by atoms with Crippen LogP contribution in [-0.4, -0.2) is 77.0 Å². The average molecular weight is 663 g/mol. The molecule has 0 aliphatic carbocycles. The Kier molecular flexibility index (Phi) is 11.2. The van der Waals surface area contributed by atoms with E-state index >= 15 is 0 Å². The van der Waals surface area contributed by atoms with Crippen LogP contribution >= 0.6 is 11.6 Å². The van der Waals surface area contributed by atoms with E-state index in [1.807, 2.05) is 13.8 Å². The first-order chi connectivity index (χ1) is 21.2. The molecule has 3 rings (SSSR count). The van der Waals surface area contributed by atoms with Crippen LogP contribution in [0.3, 0.4) is 0 Å². The molecule has 1 spiro atoms. The summed E-state index contributed by atoms with van der Waals surface area (Å²) in [6.07, 6.45) is 0.126. The Morgan fingerprint density at radius 3 is 2.37 bits per heavy atom. The number of likely N-dealkylation sites (tertiary alicyclic amines) is 1. The zero-order valence-corrected chi connectivity index (χ0v) is 29.0. The number of hydrogen-bond acceptors (Lipinski definition) is 9. The van der Waals surface area contributed by atoms with Crippen molar-refractivity contribution >= 4 is 46.8 Å². The number of benzene rings is 1. The third-order valence-electron chi connectivity index (χ3n) is 8.18. The number of carbonyl (C=O) groups excluding carboxylic acids is 5. The minimum atomic E-state index is -1.11. The molecule has 13 heteroatoms. The molecule has 2 heterocycles. The van der Waals surface area contributed by atoms with Crippen molar-refractivity contribution < 1.29 is 38.3 Å². The molecule has 0 aromatic heterocycles. The van der Waals surface area contributed by atoms with Gasteiger partial charge in [0.1, 0.15) is 17.4 Å². The maximum atomic E-state index is 14.4. The quantitative estimate of drug-likeness (QED) is 0.327. The maximum absolute atomic E-state index is 14.4. The van der Waals surface area contributed by atoms with Crippen LogP contribution in [0, 0.1) is 18.3 Å². The predicted molar refractivity (Wildman–Crippen MR) is 173 cm³/mol. The Morgan fingerprint density at radius 2 is 1.83 bits per heavy atom. The number of methoxy groups -OCH3 is 1. The van der Waals surface area contributed by atoms with Gasteiger partial charge in [-0.15, -0.1) is 0 Å². The number of oxime groups is 1. The predicted octanol–water partition coefficient (Wildman–Crippen LogP) is 4.49. The fraction of sp³-hybridized carbons (Fsp3) is 0.636. The summed E-state index contributed by atoms with van der Waals surface area (Å²) in [7, 11) is 1.53. The zero-order valence-electron chi connectivity index (χ0n) is 28.2. The number of nitrogens with one attached hydrogen (secondary N) is 1. The van der Waals surface area contributed by atoms with E-state index in [2.05, 4.69) is 10.5 Å². The lowest BCUT2D eigenvalue weighted by molar-refractivity contribution is -0.143. The van der Waals surface area contributed by atoms with Gasteiger partial charge in [0.15, 0.2) is 11.4 Å². The summed E-state index contributed by atoms with van der Waals surface area (Å²) in [4.78, 5) is 73.0. The summed E-state index contributed by atoms with van der Waals surface area (Å²) in [5.41, 5.74) is 4.82. The molecule has 0 radical (unpaired) electrons. The van der Waals surface area contributed by atoms with Crippen molar-refractivity contribution in [2.75, 3.05) is 13.7 Å². The van der Waals surface area contributed by atoms with Gasteiger partial charge in [0.05, 0.1) is 30.4 Å². The molecule has 1 fully saturated rings. The Morgan fingerprint density at radius 1 is 1.17 bits per heavy atom. The fourth-order valence-electron chi connectivity index (χ4n) is 5.94. The zero-order chi connectivity index (χ0) is 34.8. The molecule has 3 amide bonds. The summed E-state index contributed by atoms with van der Waals surface area (Å²) in [5.74, 6) is -3.26. The molecular weight excluding hydrogens is 616 g/mol. The smallest absolute Gasteiger partial charge is 0.408 e. The molecule has 12 nitrogen and oxygen atoms in total. The summed E-state index contributed by atoms with van der Waals surface area (Å²) < 4.78 is 10.8. The molecule has 0 unspecified atom stereocenters. The second kappa shape index (κ2) is 14.0. The van der Waals surface area contributed by atoms with Gasteiger partial charge < -0.3 is 30.3 Å². The first-order valence-corrected chi connectivity index (χ1v) is 15.9. The normalized spacial score (nSPS) is 20.9. The van der Waals surface area contributed by atoms with E-state index in [9.17, 15) is 24.0 Å². The lowest BCUT2D eigenvalue weighted by Gasteiger charge is -2.36. The van der Waals surface area contributed by atoms with E-state index in [0.717, 1.165) is 11.1 Å². The molecule has 46 heavy (non-hydrogen) atoms. The largest absolute Gasteiger partial charge is 0.495 e. The number of ketones is 2. The summed E-state index contributed by atoms with van der Waals surface area (Å²) >= 11 is 6.42. The second-order valence-electron chi connectivity index (χ2n) is 14.3. The highest BCUT2D eigenvalue weighted by molar-refractivity contribution is 6.36. The fourth-order valence-corrected chi connectivity index (χ4v) is 6.18. The van der Waals surface area contributed by atoms with Gasteiger partial charge in [-0.2, -0.15) is 0 Å². The summed E-state index contributed by atoms with van der Waals surface area (Å²) in [6, 6.07) is 1.44. The van der Waals surface area contributed by atoms with Crippen LogP contribution in [0.5, 0.6) is 5.75 Å². The lowest BCUT2D eigenvalue weighted by atomic mass is 9.85. The van der Waals surface area contributed by atoms with Crippen molar-refractivity contribution in [2.24, 2.45) is 22.2 Å². The molecule has 4 atom stereocenters. The third-order valence-corrected chi connectivity index (χ3v) is 8.47. The first-order valence-electron chi connectivity index (χ1n) is 15.5. The van der Waals surface area contributed by atoms with Crippen molar-refractivity contribution in [1.82, 2.24) is 10.2 Å².